The number of rotatable bonds is 5. The van der Waals surface area contributed by atoms with E-state index in [4.69, 9.17) is 5.73 Å². The van der Waals surface area contributed by atoms with Gasteiger partial charge in [-0.25, -0.2) is 0 Å². The van der Waals surface area contributed by atoms with Gasteiger partial charge in [0.15, 0.2) is 0 Å². The number of nitrogens with zero attached hydrogens (tertiary/aromatic N) is 1. The zero-order chi connectivity index (χ0) is 13.7. The van der Waals surface area contributed by atoms with Crippen molar-refractivity contribution in [2.75, 3.05) is 20.6 Å². The minimum atomic E-state index is -0.179. The molecule has 1 unspecified atom stereocenters. The van der Waals surface area contributed by atoms with E-state index in [-0.39, 0.29) is 36.2 Å². The Hall–Kier alpha value is -0.810. The number of carbonyl (C=O) groups is 2. The van der Waals surface area contributed by atoms with Gasteiger partial charge < -0.3 is 16.0 Å². The minimum absolute atomic E-state index is 0. The molecule has 0 aromatic carbocycles. The molecule has 0 radical (unpaired) electrons. The monoisotopic (exact) mass is 291 g/mol. The van der Waals surface area contributed by atoms with E-state index in [9.17, 15) is 9.59 Å². The molecule has 112 valence electrons. The second-order valence-corrected chi connectivity index (χ2v) is 5.35. The van der Waals surface area contributed by atoms with Gasteiger partial charge in [0.2, 0.25) is 11.8 Å². The Labute approximate surface area is 121 Å². The van der Waals surface area contributed by atoms with Crippen LogP contribution in [0.5, 0.6) is 0 Å². The van der Waals surface area contributed by atoms with Crippen LogP contribution >= 0.6 is 12.4 Å². The van der Waals surface area contributed by atoms with Gasteiger partial charge in [0.25, 0.3) is 0 Å². The second-order valence-electron chi connectivity index (χ2n) is 5.35. The molecule has 0 spiro atoms. The average molecular weight is 292 g/mol. The van der Waals surface area contributed by atoms with Gasteiger partial charge in [-0.3, -0.25) is 9.59 Å². The van der Waals surface area contributed by atoms with Crippen LogP contribution in [0.3, 0.4) is 0 Å². The van der Waals surface area contributed by atoms with E-state index < -0.39 is 0 Å². The highest BCUT2D eigenvalue weighted by Gasteiger charge is 2.27. The van der Waals surface area contributed by atoms with Crippen molar-refractivity contribution in [2.45, 2.75) is 38.6 Å². The quantitative estimate of drug-likeness (QED) is 0.785. The standard InChI is InChI=1S/C13H25N3O2.ClH/c1-9(13(18)15-2)8-16(3)12(17)7-10-5-4-6-11(10)14;/h9-11H,4-8,14H2,1-3H3,(H,15,18);1H/t9?,10-,11+;/m0./s1. The summed E-state index contributed by atoms with van der Waals surface area (Å²) in [5, 5.41) is 2.59. The summed E-state index contributed by atoms with van der Waals surface area (Å²) in [5.41, 5.74) is 5.96. The Bertz CT molecular complexity index is 312. The molecule has 1 saturated carbocycles. The molecule has 1 aliphatic rings. The van der Waals surface area contributed by atoms with Crippen LogP contribution < -0.4 is 11.1 Å². The van der Waals surface area contributed by atoms with Crippen LogP contribution in [0, 0.1) is 11.8 Å². The molecule has 1 fully saturated rings. The number of amides is 2. The van der Waals surface area contributed by atoms with Gasteiger partial charge in [-0.2, -0.15) is 0 Å². The van der Waals surface area contributed by atoms with Gasteiger partial charge in [0, 0.05) is 33.1 Å². The molecule has 0 saturated heterocycles. The maximum Gasteiger partial charge on any atom is 0.224 e. The van der Waals surface area contributed by atoms with E-state index in [2.05, 4.69) is 5.32 Å². The number of nitrogens with two attached hydrogens (primary N) is 1. The predicted octanol–water partition coefficient (Wildman–Crippen LogP) is 0.766. The molecule has 0 heterocycles. The van der Waals surface area contributed by atoms with Gasteiger partial charge in [0.05, 0.1) is 5.92 Å². The SMILES string of the molecule is CNC(=O)C(C)CN(C)C(=O)C[C@@H]1CCC[C@H]1N.Cl. The summed E-state index contributed by atoms with van der Waals surface area (Å²) >= 11 is 0. The van der Waals surface area contributed by atoms with Crippen molar-refractivity contribution in [1.82, 2.24) is 10.2 Å². The van der Waals surface area contributed by atoms with Crippen molar-refractivity contribution in [3.05, 3.63) is 0 Å². The molecule has 6 heteroatoms. The van der Waals surface area contributed by atoms with Crippen molar-refractivity contribution in [1.29, 1.82) is 0 Å². The van der Waals surface area contributed by atoms with Crippen molar-refractivity contribution < 1.29 is 9.59 Å². The molecule has 19 heavy (non-hydrogen) atoms. The highest BCUT2D eigenvalue weighted by molar-refractivity contribution is 5.85. The lowest BCUT2D eigenvalue weighted by Gasteiger charge is -2.23. The van der Waals surface area contributed by atoms with Crippen molar-refractivity contribution in [3.8, 4) is 0 Å². The lowest BCUT2D eigenvalue weighted by Crippen LogP contribution is -2.39. The number of halogens is 1. The molecule has 0 aromatic heterocycles. The maximum atomic E-state index is 12.0. The van der Waals surface area contributed by atoms with Crippen molar-refractivity contribution in [3.63, 3.8) is 0 Å². The van der Waals surface area contributed by atoms with Crippen LogP contribution in [0.25, 0.3) is 0 Å². The minimum Gasteiger partial charge on any atom is -0.359 e. The van der Waals surface area contributed by atoms with Crippen LogP contribution in [0.2, 0.25) is 0 Å². The fourth-order valence-electron chi connectivity index (χ4n) is 2.54. The van der Waals surface area contributed by atoms with Crippen LogP contribution in [0.4, 0.5) is 0 Å². The first-order valence-electron chi connectivity index (χ1n) is 6.66. The first-order valence-corrected chi connectivity index (χ1v) is 6.66. The zero-order valence-corrected chi connectivity index (χ0v) is 12.8. The van der Waals surface area contributed by atoms with E-state index >= 15 is 0 Å². The topological polar surface area (TPSA) is 75.4 Å². The first kappa shape index (κ1) is 18.2. The molecule has 2 amide bonds. The lowest BCUT2D eigenvalue weighted by atomic mass is 9.99. The summed E-state index contributed by atoms with van der Waals surface area (Å²) in [6, 6.07) is 0.165. The van der Waals surface area contributed by atoms with Crippen LogP contribution in [-0.2, 0) is 9.59 Å². The molecular weight excluding hydrogens is 266 g/mol. The Balaban J connectivity index is 0.00000324. The van der Waals surface area contributed by atoms with Gasteiger partial charge in [-0.1, -0.05) is 13.3 Å². The van der Waals surface area contributed by atoms with E-state index in [0.717, 1.165) is 19.3 Å². The molecule has 0 aliphatic heterocycles. The predicted molar refractivity (Wildman–Crippen MR) is 78.0 cm³/mol. The van der Waals surface area contributed by atoms with E-state index in [1.54, 1.807) is 19.0 Å². The molecule has 3 N–H and O–H groups in total. The van der Waals surface area contributed by atoms with Gasteiger partial charge in [0.1, 0.15) is 0 Å². The number of hydrogen-bond donors (Lipinski definition) is 2. The van der Waals surface area contributed by atoms with Gasteiger partial charge in [-0.05, 0) is 18.8 Å². The van der Waals surface area contributed by atoms with Crippen LogP contribution in [0.15, 0.2) is 0 Å². The third-order valence-corrected chi connectivity index (χ3v) is 3.82. The summed E-state index contributed by atoms with van der Waals surface area (Å²) in [6.07, 6.45) is 3.71. The molecule has 0 aromatic rings. The molecule has 5 nitrogen and oxygen atoms in total. The first-order chi connectivity index (χ1) is 8.45. The summed E-state index contributed by atoms with van der Waals surface area (Å²) in [5.74, 6) is 0.191. The van der Waals surface area contributed by atoms with E-state index in [1.807, 2.05) is 6.92 Å². The van der Waals surface area contributed by atoms with Crippen LogP contribution in [0.1, 0.15) is 32.6 Å². The Morgan fingerprint density at radius 1 is 1.42 bits per heavy atom. The summed E-state index contributed by atoms with van der Waals surface area (Å²) < 4.78 is 0. The molecule has 1 rings (SSSR count). The van der Waals surface area contributed by atoms with Crippen molar-refractivity contribution >= 4 is 24.2 Å². The Morgan fingerprint density at radius 3 is 2.53 bits per heavy atom. The molecule has 0 bridgehead atoms. The van der Waals surface area contributed by atoms with E-state index in [0.29, 0.717) is 18.9 Å². The zero-order valence-electron chi connectivity index (χ0n) is 12.0. The third kappa shape index (κ3) is 5.37. The fraction of sp³-hybridized carbons (Fsp3) is 0.846. The average Bonchev–Trinajstić information content (AvgIpc) is 2.73. The molecule has 3 atom stereocenters. The van der Waals surface area contributed by atoms with E-state index in [1.165, 1.54) is 0 Å². The fourth-order valence-corrected chi connectivity index (χ4v) is 2.54. The lowest BCUT2D eigenvalue weighted by molar-refractivity contribution is -0.132. The number of carbonyl (C=O) groups excluding carboxylic acids is 2. The highest BCUT2D eigenvalue weighted by Crippen LogP contribution is 2.27. The van der Waals surface area contributed by atoms with Gasteiger partial charge >= 0.3 is 0 Å². The summed E-state index contributed by atoms with van der Waals surface area (Å²) in [6.45, 7) is 2.28. The van der Waals surface area contributed by atoms with Crippen molar-refractivity contribution in [2.24, 2.45) is 17.6 Å². The largest absolute Gasteiger partial charge is 0.359 e. The third-order valence-electron chi connectivity index (χ3n) is 3.82. The summed E-state index contributed by atoms with van der Waals surface area (Å²) in [7, 11) is 3.36. The Morgan fingerprint density at radius 2 is 2.05 bits per heavy atom. The Kier molecular flexibility index (Phi) is 8.02. The highest BCUT2D eigenvalue weighted by atomic mass is 35.5. The second kappa shape index (κ2) is 8.38. The number of nitrogens with one attached hydrogen (secondary N) is 1. The van der Waals surface area contributed by atoms with Gasteiger partial charge in [-0.15, -0.1) is 12.4 Å². The normalized spacial score (nSPS) is 23.4. The maximum absolute atomic E-state index is 12.0. The molecular formula is C13H26ClN3O2. The smallest absolute Gasteiger partial charge is 0.224 e. The number of hydrogen-bond acceptors (Lipinski definition) is 3. The summed E-state index contributed by atoms with van der Waals surface area (Å²) in [4.78, 5) is 25.1. The van der Waals surface area contributed by atoms with Crippen LogP contribution in [-0.4, -0.2) is 43.4 Å². The molecule has 1 aliphatic carbocycles.